The van der Waals surface area contributed by atoms with Gasteiger partial charge in [0.1, 0.15) is 11.6 Å². The number of hydrogen-bond donors (Lipinski definition) is 2. The van der Waals surface area contributed by atoms with E-state index in [-0.39, 0.29) is 22.6 Å². The molecule has 8 heteroatoms. The van der Waals surface area contributed by atoms with Crippen LogP contribution in [0.1, 0.15) is 35.3 Å². The van der Waals surface area contributed by atoms with Gasteiger partial charge in [-0.25, -0.2) is 18.7 Å². The number of halogens is 2. The lowest BCUT2D eigenvalue weighted by Gasteiger charge is -2.41. The molecule has 3 aromatic rings. The first-order valence-electron chi connectivity index (χ1n) is 9.30. The van der Waals surface area contributed by atoms with Crippen molar-refractivity contribution >= 4 is 17.5 Å². The van der Waals surface area contributed by atoms with Crippen molar-refractivity contribution in [1.82, 2.24) is 15.0 Å². The summed E-state index contributed by atoms with van der Waals surface area (Å²) in [5.41, 5.74) is 0.846. The van der Waals surface area contributed by atoms with E-state index in [0.29, 0.717) is 23.9 Å². The smallest absolute Gasteiger partial charge is 0.258 e. The van der Waals surface area contributed by atoms with Gasteiger partial charge in [0.15, 0.2) is 0 Å². The molecule has 0 aliphatic heterocycles. The molecule has 1 aliphatic rings. The molecule has 2 aromatic heterocycles. The number of nitrogens with one attached hydrogen (secondary N) is 2. The van der Waals surface area contributed by atoms with Crippen molar-refractivity contribution in [3.63, 3.8) is 0 Å². The zero-order valence-electron chi connectivity index (χ0n) is 15.5. The van der Waals surface area contributed by atoms with Gasteiger partial charge in [0.25, 0.3) is 5.91 Å². The first kappa shape index (κ1) is 18.9. The van der Waals surface area contributed by atoms with Crippen LogP contribution in [0.2, 0.25) is 0 Å². The molecule has 0 unspecified atom stereocenters. The highest BCUT2D eigenvalue weighted by atomic mass is 19.1. The largest absolute Gasteiger partial charge is 0.353 e. The second-order valence-corrected chi connectivity index (χ2v) is 7.08. The van der Waals surface area contributed by atoms with Crippen molar-refractivity contribution < 1.29 is 13.6 Å². The van der Waals surface area contributed by atoms with E-state index in [4.69, 9.17) is 0 Å². The third kappa shape index (κ3) is 4.06. The van der Waals surface area contributed by atoms with E-state index in [9.17, 15) is 13.6 Å². The van der Waals surface area contributed by atoms with Crippen LogP contribution in [0.5, 0.6) is 0 Å². The van der Waals surface area contributed by atoms with E-state index in [0.717, 1.165) is 19.3 Å². The zero-order chi connectivity index (χ0) is 20.3. The van der Waals surface area contributed by atoms with Crippen LogP contribution in [0.25, 0.3) is 0 Å². The lowest BCUT2D eigenvalue weighted by molar-refractivity contribution is 0.102. The van der Waals surface area contributed by atoms with Gasteiger partial charge < -0.3 is 10.6 Å². The average Bonchev–Trinajstić information content (AvgIpc) is 2.70. The Kier molecular flexibility index (Phi) is 5.16. The second kappa shape index (κ2) is 7.90. The lowest BCUT2D eigenvalue weighted by Crippen LogP contribution is -2.42. The van der Waals surface area contributed by atoms with Crippen LogP contribution >= 0.6 is 0 Å². The van der Waals surface area contributed by atoms with Crippen molar-refractivity contribution in [3.8, 4) is 0 Å². The number of anilines is 2. The summed E-state index contributed by atoms with van der Waals surface area (Å²) in [5.74, 6) is -0.723. The first-order chi connectivity index (χ1) is 14.1. The number of hydrogen-bond acceptors (Lipinski definition) is 5. The van der Waals surface area contributed by atoms with E-state index in [2.05, 4.69) is 25.6 Å². The molecule has 29 heavy (non-hydrogen) atoms. The Hall–Kier alpha value is -3.42. The monoisotopic (exact) mass is 395 g/mol. The van der Waals surface area contributed by atoms with Gasteiger partial charge in [-0.2, -0.15) is 0 Å². The molecular formula is C21H19F2N5O. The topological polar surface area (TPSA) is 79.8 Å². The maximum atomic E-state index is 14.2. The van der Waals surface area contributed by atoms with Crippen molar-refractivity contribution in [2.24, 2.45) is 0 Å². The Balaban J connectivity index is 1.40. The van der Waals surface area contributed by atoms with Gasteiger partial charge in [-0.3, -0.25) is 9.78 Å². The first-order valence-corrected chi connectivity index (χ1v) is 9.30. The highest BCUT2D eigenvalue weighted by Crippen LogP contribution is 2.43. The van der Waals surface area contributed by atoms with Crippen LogP contribution < -0.4 is 10.6 Å². The highest BCUT2D eigenvalue weighted by Gasteiger charge is 2.41. The van der Waals surface area contributed by atoms with Crippen LogP contribution in [0.3, 0.4) is 0 Å². The van der Waals surface area contributed by atoms with Gasteiger partial charge in [0.05, 0.1) is 11.3 Å². The standard InChI is InChI=1S/C21H19F2N5O/c22-15-4-6-16(7-5-15)28-19(29)14-11-25-20(26-12-14)27-13-21(8-2-9-21)18-17(23)3-1-10-24-18/h1,3-7,10-12H,2,8-9,13H2,(H,28,29)(H,25,26,27). The maximum absolute atomic E-state index is 14.2. The van der Waals surface area contributed by atoms with E-state index < -0.39 is 5.91 Å². The molecule has 2 N–H and O–H groups in total. The van der Waals surface area contributed by atoms with Crippen LogP contribution in [0.4, 0.5) is 20.4 Å². The molecule has 148 valence electrons. The Morgan fingerprint density at radius 1 is 1.03 bits per heavy atom. The molecule has 6 nitrogen and oxygen atoms in total. The highest BCUT2D eigenvalue weighted by molar-refractivity contribution is 6.03. The van der Waals surface area contributed by atoms with Gasteiger partial charge in [-0.15, -0.1) is 0 Å². The fourth-order valence-corrected chi connectivity index (χ4v) is 3.40. The number of aromatic nitrogens is 3. The van der Waals surface area contributed by atoms with E-state index in [1.165, 1.54) is 42.7 Å². The van der Waals surface area contributed by atoms with Crippen LogP contribution in [0, 0.1) is 11.6 Å². The molecule has 1 aliphatic carbocycles. The zero-order valence-corrected chi connectivity index (χ0v) is 15.5. The minimum atomic E-state index is -0.394. The predicted octanol–water partition coefficient (Wildman–Crippen LogP) is 3.94. The van der Waals surface area contributed by atoms with Gasteiger partial charge in [-0.1, -0.05) is 6.42 Å². The summed E-state index contributed by atoms with van der Waals surface area (Å²) in [5, 5.41) is 5.78. The fourth-order valence-electron chi connectivity index (χ4n) is 3.40. The maximum Gasteiger partial charge on any atom is 0.258 e. The van der Waals surface area contributed by atoms with Crippen molar-refractivity contribution in [2.75, 3.05) is 17.2 Å². The van der Waals surface area contributed by atoms with E-state index >= 15 is 0 Å². The molecule has 1 aromatic carbocycles. The molecule has 1 saturated carbocycles. The molecule has 0 radical (unpaired) electrons. The molecule has 1 fully saturated rings. The number of carbonyl (C=O) groups excluding carboxylic acids is 1. The number of pyridine rings is 1. The third-order valence-corrected chi connectivity index (χ3v) is 5.17. The van der Waals surface area contributed by atoms with Crippen molar-refractivity contribution in [1.29, 1.82) is 0 Å². The Bertz CT molecular complexity index is 1000. The molecule has 4 rings (SSSR count). The van der Waals surface area contributed by atoms with Crippen LogP contribution in [-0.2, 0) is 5.41 Å². The SMILES string of the molecule is O=C(Nc1ccc(F)cc1)c1cnc(NCC2(c3ncccc3F)CCC2)nc1. The van der Waals surface area contributed by atoms with Gasteiger partial charge in [0.2, 0.25) is 5.95 Å². The van der Waals surface area contributed by atoms with E-state index in [1.54, 1.807) is 12.3 Å². The normalized spacial score (nSPS) is 14.7. The van der Waals surface area contributed by atoms with Crippen molar-refractivity contribution in [3.05, 3.63) is 77.9 Å². The Morgan fingerprint density at radius 2 is 1.76 bits per heavy atom. The average molecular weight is 395 g/mol. The third-order valence-electron chi connectivity index (χ3n) is 5.17. The minimum Gasteiger partial charge on any atom is -0.353 e. The summed E-state index contributed by atoms with van der Waals surface area (Å²) in [7, 11) is 0. The minimum absolute atomic E-state index is 0.272. The number of benzene rings is 1. The van der Waals surface area contributed by atoms with Crippen LogP contribution in [0.15, 0.2) is 55.0 Å². The second-order valence-electron chi connectivity index (χ2n) is 7.08. The lowest BCUT2D eigenvalue weighted by atomic mass is 9.66. The Labute approximate surface area is 166 Å². The number of carbonyl (C=O) groups is 1. The number of rotatable bonds is 6. The number of nitrogens with zero attached hydrogens (tertiary/aromatic N) is 3. The molecule has 0 spiro atoms. The molecule has 0 saturated heterocycles. The van der Waals surface area contributed by atoms with Gasteiger partial charge in [0, 0.05) is 36.2 Å². The molecule has 2 heterocycles. The quantitative estimate of drug-likeness (QED) is 0.661. The molecule has 1 amide bonds. The summed E-state index contributed by atoms with van der Waals surface area (Å²) >= 11 is 0. The van der Waals surface area contributed by atoms with Crippen molar-refractivity contribution in [2.45, 2.75) is 24.7 Å². The summed E-state index contributed by atoms with van der Waals surface area (Å²) in [4.78, 5) is 24.8. The fraction of sp³-hybridized carbons (Fsp3) is 0.238. The van der Waals surface area contributed by atoms with E-state index in [1.807, 2.05) is 0 Å². The van der Waals surface area contributed by atoms with Gasteiger partial charge >= 0.3 is 0 Å². The van der Waals surface area contributed by atoms with Gasteiger partial charge in [-0.05, 0) is 49.2 Å². The summed E-state index contributed by atoms with van der Waals surface area (Å²) in [6.07, 6.45) is 7.11. The predicted molar refractivity (Wildman–Crippen MR) is 105 cm³/mol. The molecular weight excluding hydrogens is 376 g/mol. The Morgan fingerprint density at radius 3 is 2.38 bits per heavy atom. The number of amides is 1. The molecule has 0 atom stereocenters. The summed E-state index contributed by atoms with van der Waals surface area (Å²) < 4.78 is 27.1. The van der Waals surface area contributed by atoms with Crippen LogP contribution in [-0.4, -0.2) is 27.4 Å². The molecule has 0 bridgehead atoms. The summed E-state index contributed by atoms with van der Waals surface area (Å²) in [6.45, 7) is 0.460. The summed E-state index contributed by atoms with van der Waals surface area (Å²) in [6, 6.07) is 8.47.